The normalized spacial score (nSPS) is 10.7. The van der Waals surface area contributed by atoms with Gasteiger partial charge in [-0.25, -0.2) is 4.79 Å². The summed E-state index contributed by atoms with van der Waals surface area (Å²) in [6.45, 7) is 7.43. The lowest BCUT2D eigenvalue weighted by molar-refractivity contribution is 0.0471. The molecule has 0 amide bonds. The average molecular weight is 327 g/mol. The summed E-state index contributed by atoms with van der Waals surface area (Å²) in [5, 5.41) is 0. The fraction of sp³-hybridized carbons (Fsp3) is 0.350. The Labute approximate surface area is 144 Å². The van der Waals surface area contributed by atoms with E-state index in [0.717, 1.165) is 30.9 Å². The monoisotopic (exact) mass is 327 g/mol. The molecule has 0 spiro atoms. The van der Waals surface area contributed by atoms with Gasteiger partial charge in [-0.1, -0.05) is 38.1 Å². The summed E-state index contributed by atoms with van der Waals surface area (Å²) in [5.41, 5.74) is 2.77. The highest BCUT2D eigenvalue weighted by molar-refractivity contribution is 5.89. The summed E-state index contributed by atoms with van der Waals surface area (Å²) in [7, 11) is 1.60. The molecule has 24 heavy (non-hydrogen) atoms. The molecule has 0 aliphatic heterocycles. The summed E-state index contributed by atoms with van der Waals surface area (Å²) in [6.07, 6.45) is 0. The van der Waals surface area contributed by atoms with E-state index in [1.54, 1.807) is 31.4 Å². The molecule has 0 saturated heterocycles. The maximum atomic E-state index is 12.2. The van der Waals surface area contributed by atoms with Crippen LogP contribution in [-0.2, 0) is 17.9 Å². The molecule has 0 N–H and O–H groups in total. The second-order valence-electron chi connectivity index (χ2n) is 5.53. The van der Waals surface area contributed by atoms with E-state index in [1.165, 1.54) is 5.56 Å². The van der Waals surface area contributed by atoms with Gasteiger partial charge in [-0.15, -0.1) is 0 Å². The van der Waals surface area contributed by atoms with Crippen molar-refractivity contribution in [1.29, 1.82) is 0 Å². The van der Waals surface area contributed by atoms with Crippen molar-refractivity contribution in [3.8, 4) is 5.75 Å². The minimum Gasteiger partial charge on any atom is -0.497 e. The molecule has 0 heterocycles. The van der Waals surface area contributed by atoms with Crippen molar-refractivity contribution >= 4 is 5.97 Å². The molecule has 4 heteroatoms. The number of hydrogen-bond acceptors (Lipinski definition) is 4. The third-order valence-corrected chi connectivity index (χ3v) is 4.09. The lowest BCUT2D eigenvalue weighted by atomic mass is 10.1. The van der Waals surface area contributed by atoms with Crippen LogP contribution in [0.1, 0.15) is 35.3 Å². The van der Waals surface area contributed by atoms with Crippen LogP contribution in [0.2, 0.25) is 0 Å². The minimum atomic E-state index is -0.324. The highest BCUT2D eigenvalue weighted by Gasteiger charge is 2.10. The van der Waals surface area contributed by atoms with Gasteiger partial charge in [0.2, 0.25) is 0 Å². The van der Waals surface area contributed by atoms with Gasteiger partial charge in [-0.3, -0.25) is 4.90 Å². The zero-order valence-electron chi connectivity index (χ0n) is 14.6. The van der Waals surface area contributed by atoms with Gasteiger partial charge >= 0.3 is 5.97 Å². The number of carbonyl (C=O) groups excluding carboxylic acids is 1. The molecule has 2 aromatic rings. The van der Waals surface area contributed by atoms with E-state index in [4.69, 9.17) is 9.47 Å². The van der Waals surface area contributed by atoms with Crippen molar-refractivity contribution in [2.75, 3.05) is 20.2 Å². The van der Waals surface area contributed by atoms with E-state index >= 15 is 0 Å². The number of ether oxygens (including phenoxy) is 2. The second-order valence-corrected chi connectivity index (χ2v) is 5.53. The van der Waals surface area contributed by atoms with Crippen LogP contribution in [0.3, 0.4) is 0 Å². The van der Waals surface area contributed by atoms with Crippen molar-refractivity contribution in [3.05, 3.63) is 65.2 Å². The first-order valence-electron chi connectivity index (χ1n) is 8.28. The Kier molecular flexibility index (Phi) is 6.82. The Balaban J connectivity index is 2.01. The SMILES string of the molecule is CCN(CC)Cc1ccccc1COC(=O)c1ccc(OC)cc1. The van der Waals surface area contributed by atoms with Crippen LogP contribution in [0.15, 0.2) is 48.5 Å². The largest absolute Gasteiger partial charge is 0.497 e. The summed E-state index contributed by atoms with van der Waals surface area (Å²) in [6, 6.07) is 15.0. The van der Waals surface area contributed by atoms with Gasteiger partial charge in [-0.2, -0.15) is 0 Å². The highest BCUT2D eigenvalue weighted by atomic mass is 16.5. The molecule has 0 aliphatic carbocycles. The van der Waals surface area contributed by atoms with Crippen LogP contribution in [0.25, 0.3) is 0 Å². The molecule has 2 rings (SSSR count). The molecule has 0 unspecified atom stereocenters. The first-order chi connectivity index (χ1) is 11.7. The van der Waals surface area contributed by atoms with Crippen LogP contribution in [0.4, 0.5) is 0 Å². The first-order valence-corrected chi connectivity index (χ1v) is 8.28. The summed E-state index contributed by atoms with van der Waals surface area (Å²) in [5.74, 6) is 0.395. The standard InChI is InChI=1S/C20H25NO3/c1-4-21(5-2)14-17-8-6-7-9-18(17)15-24-20(22)16-10-12-19(23-3)13-11-16/h6-13H,4-5,14-15H2,1-3H3. The molecular formula is C20H25NO3. The lowest BCUT2D eigenvalue weighted by Crippen LogP contribution is -2.23. The highest BCUT2D eigenvalue weighted by Crippen LogP contribution is 2.16. The third-order valence-electron chi connectivity index (χ3n) is 4.09. The van der Waals surface area contributed by atoms with Crippen molar-refractivity contribution in [3.63, 3.8) is 0 Å². The second kappa shape index (κ2) is 9.08. The Morgan fingerprint density at radius 2 is 1.58 bits per heavy atom. The number of nitrogens with zero attached hydrogens (tertiary/aromatic N) is 1. The molecule has 128 valence electrons. The quantitative estimate of drug-likeness (QED) is 0.690. The molecule has 0 atom stereocenters. The molecular weight excluding hydrogens is 302 g/mol. The first kappa shape index (κ1) is 18.0. The lowest BCUT2D eigenvalue weighted by Gasteiger charge is -2.20. The van der Waals surface area contributed by atoms with Crippen LogP contribution in [0.5, 0.6) is 5.75 Å². The number of benzene rings is 2. The maximum absolute atomic E-state index is 12.2. The zero-order valence-corrected chi connectivity index (χ0v) is 14.6. The fourth-order valence-corrected chi connectivity index (χ4v) is 2.49. The van der Waals surface area contributed by atoms with Gasteiger partial charge in [0, 0.05) is 6.54 Å². The summed E-state index contributed by atoms with van der Waals surface area (Å²) >= 11 is 0. The smallest absolute Gasteiger partial charge is 0.338 e. The van der Waals surface area contributed by atoms with Gasteiger partial charge < -0.3 is 9.47 Å². The topological polar surface area (TPSA) is 38.8 Å². The molecule has 0 bridgehead atoms. The minimum absolute atomic E-state index is 0.280. The van der Waals surface area contributed by atoms with Crippen molar-refractivity contribution in [2.45, 2.75) is 27.0 Å². The predicted molar refractivity (Wildman–Crippen MR) is 95.2 cm³/mol. The Hall–Kier alpha value is -2.33. The Morgan fingerprint density at radius 3 is 2.17 bits per heavy atom. The predicted octanol–water partition coefficient (Wildman–Crippen LogP) is 3.89. The van der Waals surface area contributed by atoms with Crippen molar-refractivity contribution in [1.82, 2.24) is 4.90 Å². The van der Waals surface area contributed by atoms with Crippen LogP contribution in [-0.4, -0.2) is 31.1 Å². The molecule has 4 nitrogen and oxygen atoms in total. The van der Waals surface area contributed by atoms with Crippen molar-refractivity contribution in [2.24, 2.45) is 0 Å². The van der Waals surface area contributed by atoms with Gasteiger partial charge in [0.25, 0.3) is 0 Å². The van der Waals surface area contributed by atoms with E-state index < -0.39 is 0 Å². The number of esters is 1. The summed E-state index contributed by atoms with van der Waals surface area (Å²) < 4.78 is 10.6. The molecule has 0 radical (unpaired) electrons. The maximum Gasteiger partial charge on any atom is 0.338 e. The van der Waals surface area contributed by atoms with E-state index in [1.807, 2.05) is 18.2 Å². The fourth-order valence-electron chi connectivity index (χ4n) is 2.49. The third kappa shape index (κ3) is 4.83. The van der Waals surface area contributed by atoms with Crippen molar-refractivity contribution < 1.29 is 14.3 Å². The average Bonchev–Trinajstić information content (AvgIpc) is 2.65. The Morgan fingerprint density at radius 1 is 0.958 bits per heavy atom. The van der Waals surface area contributed by atoms with Gasteiger partial charge in [-0.05, 0) is 48.5 Å². The number of methoxy groups -OCH3 is 1. The van der Waals surface area contributed by atoms with E-state index in [-0.39, 0.29) is 12.6 Å². The van der Waals surface area contributed by atoms with Crippen LogP contribution >= 0.6 is 0 Å². The van der Waals surface area contributed by atoms with Crippen LogP contribution < -0.4 is 4.74 Å². The number of carbonyl (C=O) groups is 1. The number of rotatable bonds is 8. The zero-order chi connectivity index (χ0) is 17.4. The molecule has 0 fully saturated rings. The van der Waals surface area contributed by atoms with Crippen LogP contribution in [0, 0.1) is 0 Å². The molecule has 2 aromatic carbocycles. The summed E-state index contributed by atoms with van der Waals surface area (Å²) in [4.78, 5) is 14.5. The van der Waals surface area contributed by atoms with Gasteiger partial charge in [0.15, 0.2) is 0 Å². The Bertz CT molecular complexity index is 648. The van der Waals surface area contributed by atoms with Gasteiger partial charge in [0.1, 0.15) is 12.4 Å². The van der Waals surface area contributed by atoms with Gasteiger partial charge in [0.05, 0.1) is 12.7 Å². The van der Waals surface area contributed by atoms with E-state index in [2.05, 4.69) is 24.8 Å². The molecule has 0 saturated carbocycles. The molecule has 0 aromatic heterocycles. The van der Waals surface area contributed by atoms with E-state index in [0.29, 0.717) is 5.56 Å². The van der Waals surface area contributed by atoms with E-state index in [9.17, 15) is 4.79 Å². The molecule has 0 aliphatic rings. The number of hydrogen-bond donors (Lipinski definition) is 0.